The molecule has 1 atom stereocenters. The second kappa shape index (κ2) is 6.74. The first kappa shape index (κ1) is 16.2. The van der Waals surface area contributed by atoms with Crippen molar-refractivity contribution in [2.45, 2.75) is 39.0 Å². The van der Waals surface area contributed by atoms with Gasteiger partial charge >= 0.3 is 0 Å². The first-order chi connectivity index (χ1) is 10.4. The van der Waals surface area contributed by atoms with Crippen LogP contribution in [0.4, 0.5) is 0 Å². The molecule has 0 fully saturated rings. The first-order valence-corrected chi connectivity index (χ1v) is 7.75. The van der Waals surface area contributed by atoms with Crippen LogP contribution in [0, 0.1) is 0 Å². The molecule has 0 radical (unpaired) electrons. The molecule has 0 aliphatic heterocycles. The third-order valence-corrected chi connectivity index (χ3v) is 3.94. The number of hydrogen-bond acceptors (Lipinski definition) is 1. The third-order valence-electron chi connectivity index (χ3n) is 3.94. The van der Waals surface area contributed by atoms with Crippen molar-refractivity contribution in [2.75, 3.05) is 0 Å². The lowest BCUT2D eigenvalue weighted by Gasteiger charge is -2.19. The average molecular weight is 292 g/mol. The summed E-state index contributed by atoms with van der Waals surface area (Å²) in [6, 6.07) is 18.3. The van der Waals surface area contributed by atoms with E-state index in [0.29, 0.717) is 0 Å². The maximum Gasteiger partial charge on any atom is 0.162 e. The van der Waals surface area contributed by atoms with Crippen LogP contribution in [0.2, 0.25) is 0 Å². The number of benzene rings is 2. The predicted molar refractivity (Wildman–Crippen MR) is 94.0 cm³/mol. The lowest BCUT2D eigenvalue weighted by Crippen LogP contribution is -2.12. The van der Waals surface area contributed by atoms with Gasteiger partial charge in [-0.05, 0) is 28.2 Å². The Morgan fingerprint density at radius 1 is 0.955 bits per heavy atom. The minimum absolute atomic E-state index is 0.117. The van der Waals surface area contributed by atoms with Gasteiger partial charge in [0.15, 0.2) is 5.78 Å². The minimum Gasteiger partial charge on any atom is -0.294 e. The second-order valence-corrected chi connectivity index (χ2v) is 6.74. The summed E-state index contributed by atoms with van der Waals surface area (Å²) in [4.78, 5) is 12.3. The van der Waals surface area contributed by atoms with Gasteiger partial charge in [-0.15, -0.1) is 0 Å². The Balaban J connectivity index is 2.09. The fourth-order valence-corrected chi connectivity index (χ4v) is 2.32. The highest BCUT2D eigenvalue weighted by atomic mass is 16.1. The molecule has 2 rings (SSSR count). The van der Waals surface area contributed by atoms with Gasteiger partial charge in [0.25, 0.3) is 0 Å². The van der Waals surface area contributed by atoms with Crippen molar-refractivity contribution < 1.29 is 4.79 Å². The zero-order valence-corrected chi connectivity index (χ0v) is 13.8. The molecule has 0 heterocycles. The summed E-state index contributed by atoms with van der Waals surface area (Å²) in [5.74, 6) is 0.0151. The Morgan fingerprint density at radius 3 is 2.09 bits per heavy atom. The number of ketones is 1. The largest absolute Gasteiger partial charge is 0.294 e. The highest BCUT2D eigenvalue weighted by Gasteiger charge is 2.16. The molecule has 0 aliphatic carbocycles. The van der Waals surface area contributed by atoms with Crippen LogP contribution in [-0.2, 0) is 10.2 Å². The molecule has 1 nitrogen and oxygen atoms in total. The summed E-state index contributed by atoms with van der Waals surface area (Å²) in [7, 11) is 0. The van der Waals surface area contributed by atoms with Crippen molar-refractivity contribution in [2.24, 2.45) is 0 Å². The molecule has 1 heteroatoms. The minimum atomic E-state index is -0.117. The molecule has 0 spiro atoms. The van der Waals surface area contributed by atoms with Crippen LogP contribution >= 0.6 is 0 Å². The summed E-state index contributed by atoms with van der Waals surface area (Å²) in [5, 5.41) is 0. The molecular weight excluding hydrogens is 268 g/mol. The Hall–Kier alpha value is -2.15. The van der Waals surface area contributed by atoms with Crippen molar-refractivity contribution in [1.29, 1.82) is 0 Å². The highest BCUT2D eigenvalue weighted by molar-refractivity contribution is 5.98. The first-order valence-electron chi connectivity index (χ1n) is 7.75. The molecule has 1 unspecified atom stereocenters. The van der Waals surface area contributed by atoms with Crippen molar-refractivity contribution in [3.8, 4) is 0 Å². The number of carbonyl (C=O) groups is 1. The smallest absolute Gasteiger partial charge is 0.162 e. The fraction of sp³-hybridized carbons (Fsp3) is 0.286. The average Bonchev–Trinajstić information content (AvgIpc) is 2.52. The van der Waals surface area contributed by atoms with Crippen LogP contribution in [0.25, 0.3) is 6.08 Å². The van der Waals surface area contributed by atoms with E-state index >= 15 is 0 Å². The fourth-order valence-electron chi connectivity index (χ4n) is 2.32. The Kier molecular flexibility index (Phi) is 4.97. The van der Waals surface area contributed by atoms with Crippen LogP contribution in [0.15, 0.2) is 60.7 Å². The summed E-state index contributed by atoms with van der Waals surface area (Å²) >= 11 is 0. The monoisotopic (exact) mass is 292 g/mol. The molecule has 0 aromatic heterocycles. The van der Waals surface area contributed by atoms with Crippen molar-refractivity contribution in [1.82, 2.24) is 0 Å². The van der Waals surface area contributed by atoms with E-state index in [1.54, 1.807) is 6.08 Å². The summed E-state index contributed by atoms with van der Waals surface area (Å²) in [5.41, 5.74) is 3.54. The van der Waals surface area contributed by atoms with Gasteiger partial charge in [-0.25, -0.2) is 0 Å². The quantitative estimate of drug-likeness (QED) is 0.692. The van der Waals surface area contributed by atoms with Crippen LogP contribution in [-0.4, -0.2) is 5.78 Å². The topological polar surface area (TPSA) is 17.1 Å². The maximum atomic E-state index is 12.3. The summed E-state index contributed by atoms with van der Waals surface area (Å²) in [6.07, 6.45) is 3.56. The van der Waals surface area contributed by atoms with Gasteiger partial charge in [-0.2, -0.15) is 0 Å². The van der Waals surface area contributed by atoms with Crippen LogP contribution in [0.1, 0.15) is 50.3 Å². The Morgan fingerprint density at radius 2 is 1.55 bits per heavy atom. The summed E-state index contributed by atoms with van der Waals surface area (Å²) in [6.45, 7) is 8.54. The zero-order valence-electron chi connectivity index (χ0n) is 13.8. The standard InChI is InChI=1S/C21H24O/c1-16(18-11-13-19(14-12-18)21(2,3)4)20(22)15-10-17-8-6-5-7-9-17/h5-16H,1-4H3/b15-10+. The Bertz CT molecular complexity index is 643. The van der Waals surface area contributed by atoms with Gasteiger partial charge < -0.3 is 0 Å². The Labute approximate surface area is 133 Å². The van der Waals surface area contributed by atoms with Crippen LogP contribution < -0.4 is 0 Å². The molecule has 0 amide bonds. The summed E-state index contributed by atoms with van der Waals surface area (Å²) < 4.78 is 0. The lowest BCUT2D eigenvalue weighted by atomic mass is 9.85. The van der Waals surface area contributed by atoms with Crippen LogP contribution in [0.3, 0.4) is 0 Å². The molecule has 114 valence electrons. The van der Waals surface area contributed by atoms with E-state index in [-0.39, 0.29) is 17.1 Å². The molecule has 0 saturated heterocycles. The lowest BCUT2D eigenvalue weighted by molar-refractivity contribution is -0.115. The predicted octanol–water partition coefficient (Wildman–Crippen LogP) is 5.37. The van der Waals surface area contributed by atoms with E-state index in [0.717, 1.165) is 11.1 Å². The van der Waals surface area contributed by atoms with Gasteiger partial charge in [0, 0.05) is 5.92 Å². The number of carbonyl (C=O) groups excluding carboxylic acids is 1. The molecule has 0 saturated carbocycles. The highest BCUT2D eigenvalue weighted by Crippen LogP contribution is 2.25. The maximum absolute atomic E-state index is 12.3. The zero-order chi connectivity index (χ0) is 16.2. The molecule has 22 heavy (non-hydrogen) atoms. The van der Waals surface area contributed by atoms with Crippen molar-refractivity contribution in [3.05, 3.63) is 77.4 Å². The van der Waals surface area contributed by atoms with E-state index in [1.165, 1.54) is 5.56 Å². The van der Waals surface area contributed by atoms with E-state index in [9.17, 15) is 4.79 Å². The third kappa shape index (κ3) is 4.17. The number of allylic oxidation sites excluding steroid dienone is 1. The SMILES string of the molecule is CC(C(=O)/C=C/c1ccccc1)c1ccc(C(C)(C)C)cc1. The molecule has 2 aromatic carbocycles. The number of hydrogen-bond donors (Lipinski definition) is 0. The van der Waals surface area contributed by atoms with Gasteiger partial charge in [0.1, 0.15) is 0 Å². The van der Waals surface area contributed by atoms with E-state index in [4.69, 9.17) is 0 Å². The van der Waals surface area contributed by atoms with E-state index in [1.807, 2.05) is 43.3 Å². The second-order valence-electron chi connectivity index (χ2n) is 6.74. The van der Waals surface area contributed by atoms with E-state index in [2.05, 4.69) is 45.0 Å². The molecule has 2 aromatic rings. The van der Waals surface area contributed by atoms with Crippen LogP contribution in [0.5, 0.6) is 0 Å². The van der Waals surface area contributed by atoms with Crippen molar-refractivity contribution in [3.63, 3.8) is 0 Å². The van der Waals surface area contributed by atoms with Gasteiger partial charge in [-0.1, -0.05) is 88.4 Å². The van der Waals surface area contributed by atoms with E-state index < -0.39 is 0 Å². The normalized spacial score (nSPS) is 13.3. The molecular formula is C21H24O. The molecule has 0 aliphatic rings. The van der Waals surface area contributed by atoms with Gasteiger partial charge in [-0.3, -0.25) is 4.79 Å². The van der Waals surface area contributed by atoms with Gasteiger partial charge in [0.2, 0.25) is 0 Å². The van der Waals surface area contributed by atoms with Gasteiger partial charge in [0.05, 0.1) is 0 Å². The molecule has 0 N–H and O–H groups in total. The van der Waals surface area contributed by atoms with Crippen molar-refractivity contribution >= 4 is 11.9 Å². The number of rotatable bonds is 4. The molecule has 0 bridgehead atoms.